The van der Waals surface area contributed by atoms with Crippen molar-refractivity contribution in [1.82, 2.24) is 9.97 Å². The minimum absolute atomic E-state index is 0.0121. The Kier molecular flexibility index (Phi) is 6.02. The van der Waals surface area contributed by atoms with Crippen molar-refractivity contribution in [1.29, 1.82) is 0 Å². The lowest BCUT2D eigenvalue weighted by atomic mass is 10.1. The molecule has 0 saturated heterocycles. The zero-order valence-corrected chi connectivity index (χ0v) is 17.1. The molecular formula is C23H24N4O2. The van der Waals surface area contributed by atoms with Crippen LogP contribution in [0.25, 0.3) is 0 Å². The number of aryl methyl sites for hydroxylation is 2. The number of aromatic nitrogens is 2. The normalized spacial score (nSPS) is 10.5. The van der Waals surface area contributed by atoms with Crippen LogP contribution in [0.2, 0.25) is 0 Å². The van der Waals surface area contributed by atoms with Crippen LogP contribution in [0.5, 0.6) is 0 Å². The molecule has 0 unspecified atom stereocenters. The molecule has 1 amide bonds. The monoisotopic (exact) mass is 388 g/mol. The first-order valence-corrected chi connectivity index (χ1v) is 9.49. The third-order valence-electron chi connectivity index (χ3n) is 4.50. The van der Waals surface area contributed by atoms with Gasteiger partial charge in [0.2, 0.25) is 0 Å². The van der Waals surface area contributed by atoms with Gasteiger partial charge in [-0.1, -0.05) is 12.1 Å². The van der Waals surface area contributed by atoms with E-state index >= 15 is 0 Å². The first-order valence-electron chi connectivity index (χ1n) is 9.49. The van der Waals surface area contributed by atoms with Crippen molar-refractivity contribution < 1.29 is 9.59 Å². The molecule has 3 rings (SSSR count). The molecular weight excluding hydrogens is 364 g/mol. The molecule has 3 aromatic rings. The van der Waals surface area contributed by atoms with Gasteiger partial charge in [0.25, 0.3) is 5.91 Å². The summed E-state index contributed by atoms with van der Waals surface area (Å²) in [6, 6.07) is 16.6. The molecule has 148 valence electrons. The van der Waals surface area contributed by atoms with Gasteiger partial charge >= 0.3 is 0 Å². The van der Waals surface area contributed by atoms with E-state index in [-0.39, 0.29) is 11.7 Å². The third kappa shape index (κ3) is 4.85. The predicted molar refractivity (Wildman–Crippen MR) is 115 cm³/mol. The number of carbonyl (C=O) groups excluding carboxylic acids is 2. The van der Waals surface area contributed by atoms with E-state index in [4.69, 9.17) is 0 Å². The summed E-state index contributed by atoms with van der Waals surface area (Å²) in [5, 5.41) is 3.18. The molecule has 29 heavy (non-hydrogen) atoms. The van der Waals surface area contributed by atoms with Crippen molar-refractivity contribution in [3.63, 3.8) is 0 Å². The maximum Gasteiger partial charge on any atom is 0.277 e. The molecule has 0 spiro atoms. The first-order chi connectivity index (χ1) is 13.9. The van der Waals surface area contributed by atoms with E-state index in [1.54, 1.807) is 42.2 Å². The Balaban J connectivity index is 1.87. The Morgan fingerprint density at radius 2 is 1.72 bits per heavy atom. The maximum absolute atomic E-state index is 13.1. The van der Waals surface area contributed by atoms with Gasteiger partial charge in [-0.25, -0.2) is 9.97 Å². The van der Waals surface area contributed by atoms with Gasteiger partial charge in [0.1, 0.15) is 17.3 Å². The molecule has 1 aromatic heterocycles. The van der Waals surface area contributed by atoms with Crippen molar-refractivity contribution >= 4 is 28.9 Å². The summed E-state index contributed by atoms with van der Waals surface area (Å²) in [5.74, 6) is 0.854. The van der Waals surface area contributed by atoms with Crippen molar-refractivity contribution in [2.24, 2.45) is 0 Å². The van der Waals surface area contributed by atoms with E-state index in [9.17, 15) is 9.59 Å². The molecule has 2 aromatic carbocycles. The average Bonchev–Trinajstić information content (AvgIpc) is 2.68. The molecule has 0 aliphatic carbocycles. The number of ketones is 1. The number of amides is 1. The van der Waals surface area contributed by atoms with Crippen molar-refractivity contribution in [3.8, 4) is 0 Å². The van der Waals surface area contributed by atoms with Crippen LogP contribution in [-0.4, -0.2) is 28.2 Å². The number of Topliss-reactive ketones (excluding diaryl/α,β-unsaturated/α-hetero) is 1. The number of carbonyl (C=O) groups is 2. The molecule has 0 saturated carbocycles. The van der Waals surface area contributed by atoms with E-state index in [0.29, 0.717) is 29.4 Å². The highest BCUT2D eigenvalue weighted by molar-refractivity contribution is 6.05. The SMILES string of the molecule is CCN(C(=O)c1cc(Nc2ccc(C(C)=O)cc2)nc(C)n1)c1cccc(C)c1. The summed E-state index contributed by atoms with van der Waals surface area (Å²) < 4.78 is 0. The Bertz CT molecular complexity index is 1040. The van der Waals surface area contributed by atoms with Gasteiger partial charge < -0.3 is 10.2 Å². The van der Waals surface area contributed by atoms with E-state index in [1.807, 2.05) is 38.1 Å². The molecule has 6 nitrogen and oxygen atoms in total. The van der Waals surface area contributed by atoms with Crippen LogP contribution in [0.4, 0.5) is 17.2 Å². The fraction of sp³-hybridized carbons (Fsp3) is 0.217. The highest BCUT2D eigenvalue weighted by Gasteiger charge is 2.19. The molecule has 0 aliphatic heterocycles. The second-order valence-corrected chi connectivity index (χ2v) is 6.83. The zero-order chi connectivity index (χ0) is 21.0. The first kappa shape index (κ1) is 20.2. The summed E-state index contributed by atoms with van der Waals surface area (Å²) in [5.41, 5.74) is 3.66. The van der Waals surface area contributed by atoms with Crippen molar-refractivity contribution in [2.75, 3.05) is 16.8 Å². The van der Waals surface area contributed by atoms with Gasteiger partial charge in [0.05, 0.1) is 0 Å². The maximum atomic E-state index is 13.1. The summed E-state index contributed by atoms with van der Waals surface area (Å²) in [6.07, 6.45) is 0. The lowest BCUT2D eigenvalue weighted by Crippen LogP contribution is -2.31. The minimum atomic E-state index is -0.182. The van der Waals surface area contributed by atoms with Crippen LogP contribution < -0.4 is 10.2 Å². The second-order valence-electron chi connectivity index (χ2n) is 6.83. The largest absolute Gasteiger partial charge is 0.340 e. The minimum Gasteiger partial charge on any atom is -0.340 e. The van der Waals surface area contributed by atoms with Gasteiger partial charge in [0, 0.05) is 29.5 Å². The summed E-state index contributed by atoms with van der Waals surface area (Å²) in [6.45, 7) is 7.74. The van der Waals surface area contributed by atoms with Crippen molar-refractivity contribution in [3.05, 3.63) is 77.2 Å². The number of benzene rings is 2. The third-order valence-corrected chi connectivity index (χ3v) is 4.50. The van der Waals surface area contributed by atoms with Crippen LogP contribution >= 0.6 is 0 Å². The summed E-state index contributed by atoms with van der Waals surface area (Å²) in [7, 11) is 0. The quantitative estimate of drug-likeness (QED) is 0.619. The molecule has 0 radical (unpaired) electrons. The fourth-order valence-electron chi connectivity index (χ4n) is 3.06. The van der Waals surface area contributed by atoms with Crippen LogP contribution in [-0.2, 0) is 0 Å². The van der Waals surface area contributed by atoms with E-state index in [1.165, 1.54) is 6.92 Å². The van der Waals surface area contributed by atoms with Gasteiger partial charge in [-0.05, 0) is 69.7 Å². The Morgan fingerprint density at radius 1 is 1.00 bits per heavy atom. The molecule has 1 heterocycles. The van der Waals surface area contributed by atoms with Gasteiger partial charge in [-0.15, -0.1) is 0 Å². The number of nitrogens with zero attached hydrogens (tertiary/aromatic N) is 3. The molecule has 0 bridgehead atoms. The lowest BCUT2D eigenvalue weighted by molar-refractivity contribution is 0.0981. The standard InChI is InChI=1S/C23H24N4O2/c1-5-27(20-8-6-7-15(2)13-20)23(29)21-14-22(25-17(4)24-21)26-19-11-9-18(10-12-19)16(3)28/h6-14H,5H2,1-4H3,(H,24,25,26). The Hall–Kier alpha value is -3.54. The number of hydrogen-bond acceptors (Lipinski definition) is 5. The lowest BCUT2D eigenvalue weighted by Gasteiger charge is -2.21. The van der Waals surface area contributed by atoms with Gasteiger partial charge in [-0.3, -0.25) is 9.59 Å². The number of rotatable bonds is 6. The van der Waals surface area contributed by atoms with Crippen LogP contribution in [0.15, 0.2) is 54.6 Å². The second kappa shape index (κ2) is 8.65. The Morgan fingerprint density at radius 3 is 2.34 bits per heavy atom. The highest BCUT2D eigenvalue weighted by Crippen LogP contribution is 2.21. The fourth-order valence-corrected chi connectivity index (χ4v) is 3.06. The number of anilines is 3. The predicted octanol–water partition coefficient (Wildman–Crippen LogP) is 4.71. The molecule has 6 heteroatoms. The average molecular weight is 388 g/mol. The number of nitrogens with one attached hydrogen (secondary N) is 1. The summed E-state index contributed by atoms with van der Waals surface area (Å²) >= 11 is 0. The Labute approximate surface area is 170 Å². The van der Waals surface area contributed by atoms with Crippen molar-refractivity contribution in [2.45, 2.75) is 27.7 Å². The van der Waals surface area contributed by atoms with Crippen LogP contribution in [0.3, 0.4) is 0 Å². The number of hydrogen-bond donors (Lipinski definition) is 1. The van der Waals surface area contributed by atoms with Crippen LogP contribution in [0.1, 0.15) is 46.1 Å². The molecule has 0 fully saturated rings. The molecule has 0 atom stereocenters. The van der Waals surface area contributed by atoms with E-state index in [0.717, 1.165) is 16.9 Å². The molecule has 1 N–H and O–H groups in total. The van der Waals surface area contributed by atoms with Crippen LogP contribution in [0, 0.1) is 13.8 Å². The molecule has 0 aliphatic rings. The van der Waals surface area contributed by atoms with E-state index in [2.05, 4.69) is 15.3 Å². The zero-order valence-electron chi connectivity index (χ0n) is 17.1. The topological polar surface area (TPSA) is 75.2 Å². The smallest absolute Gasteiger partial charge is 0.277 e. The van der Waals surface area contributed by atoms with Gasteiger partial charge in [-0.2, -0.15) is 0 Å². The highest BCUT2D eigenvalue weighted by atomic mass is 16.2. The van der Waals surface area contributed by atoms with E-state index < -0.39 is 0 Å². The van der Waals surface area contributed by atoms with Gasteiger partial charge in [0.15, 0.2) is 5.78 Å². The summed E-state index contributed by atoms with van der Waals surface area (Å²) in [4.78, 5) is 35.0.